The number of benzene rings is 5. The SMILES string of the molecule is C.I.N[C@@H](CC[C@@H](Cc1ccccc1)NC(=O)OCc1cncs1)Cc1ccccc1.N[C@@H](CC[C@H](N)Cc1ccccc1)Cc1ccccc1.O=C(OCc1cncs1)Oc1ccc([N+](=O)[O-])cc1. The van der Waals surface area contributed by atoms with Crippen LogP contribution in [0, 0.1) is 10.1 Å². The van der Waals surface area contributed by atoms with Gasteiger partial charge in [-0.05, 0) is 85.8 Å². The quantitative estimate of drug-likeness (QED) is 0.0174. The Morgan fingerprint density at radius 3 is 1.34 bits per heavy atom. The topological polar surface area (TPSA) is 221 Å². The highest BCUT2D eigenvalue weighted by Crippen LogP contribution is 2.19. The molecule has 0 saturated heterocycles. The zero-order valence-electron chi connectivity index (χ0n) is 38.2. The van der Waals surface area contributed by atoms with E-state index in [1.54, 1.807) is 23.4 Å². The van der Waals surface area contributed by atoms with Gasteiger partial charge in [-0.3, -0.25) is 20.1 Å². The molecule has 0 radical (unpaired) electrons. The van der Waals surface area contributed by atoms with E-state index in [9.17, 15) is 19.7 Å². The average Bonchev–Trinajstić information content (AvgIpc) is 4.09. The zero-order chi connectivity index (χ0) is 48.2. The lowest BCUT2D eigenvalue weighted by molar-refractivity contribution is -0.384. The molecule has 372 valence electrons. The molecule has 17 heteroatoms. The van der Waals surface area contributed by atoms with Gasteiger partial charge in [0.25, 0.3) is 5.69 Å². The number of nitro benzene ring substituents is 1. The molecule has 0 bridgehead atoms. The van der Waals surface area contributed by atoms with E-state index in [2.05, 4.69) is 88.1 Å². The van der Waals surface area contributed by atoms with Crippen LogP contribution in [0.25, 0.3) is 0 Å². The van der Waals surface area contributed by atoms with Gasteiger partial charge in [0.15, 0.2) is 0 Å². The number of non-ortho nitro benzene ring substituents is 1. The van der Waals surface area contributed by atoms with Crippen molar-refractivity contribution < 1.29 is 28.7 Å². The van der Waals surface area contributed by atoms with Crippen LogP contribution in [0.1, 0.15) is 65.1 Å². The molecule has 0 saturated carbocycles. The number of nitro groups is 1. The standard InChI is InChI=1S/C23H27N3O2S.C18H24N2.C11H8N2O5S.CH4.HI/c24-20(13-18-7-3-1-4-8-18)11-12-21(14-19-9-5-2-6-10-19)26-23(27)28-16-22-15-25-17-29-22;19-17(13-15-7-3-1-4-8-15)11-12-18(20)14-16-9-5-2-6-10-16;14-11(17-6-10-5-12-7-19-10)18-9-3-1-8(2-4-9)13(15)16;;/h1-10,15,17,20-21H,11-14,16,24H2,(H,26,27);1-10,17-18H,11-14,19-20H2;1-5,7H,6H2;1H4;1H/t20-,21-;17-,18-;;;/m00.../s1. The largest absolute Gasteiger partial charge is 0.514 e. The smallest absolute Gasteiger partial charge is 0.444 e. The maximum absolute atomic E-state index is 12.3. The molecule has 14 nitrogen and oxygen atoms in total. The maximum Gasteiger partial charge on any atom is 0.514 e. The van der Waals surface area contributed by atoms with Crippen LogP contribution in [0.4, 0.5) is 15.3 Å². The minimum absolute atomic E-state index is 0. The second-order valence-corrected chi connectivity index (χ2v) is 17.9. The van der Waals surface area contributed by atoms with E-state index in [4.69, 9.17) is 31.4 Å². The van der Waals surface area contributed by atoms with E-state index < -0.39 is 17.2 Å². The highest BCUT2D eigenvalue weighted by atomic mass is 127. The maximum atomic E-state index is 12.3. The molecule has 2 heterocycles. The molecule has 0 aliphatic heterocycles. The van der Waals surface area contributed by atoms with Crippen LogP contribution in [-0.4, -0.2) is 51.3 Å². The third-order valence-corrected chi connectivity index (χ3v) is 11.9. The van der Waals surface area contributed by atoms with Crippen LogP contribution in [0.5, 0.6) is 5.75 Å². The summed E-state index contributed by atoms with van der Waals surface area (Å²) in [5, 5.41) is 13.5. The first-order chi connectivity index (χ1) is 33.1. The van der Waals surface area contributed by atoms with Gasteiger partial charge in [-0.25, -0.2) is 9.59 Å². The predicted molar refractivity (Wildman–Crippen MR) is 290 cm³/mol. The van der Waals surface area contributed by atoms with E-state index in [-0.39, 0.29) is 80.2 Å². The number of halogens is 1. The number of alkyl carbamates (subject to hydrolysis) is 1. The molecule has 7 rings (SSSR count). The number of nitrogens with one attached hydrogen (secondary N) is 1. The van der Waals surface area contributed by atoms with Crippen molar-refractivity contribution in [2.75, 3.05) is 0 Å². The van der Waals surface area contributed by atoms with Crippen molar-refractivity contribution in [3.8, 4) is 5.75 Å². The molecule has 7 aromatic rings. The highest BCUT2D eigenvalue weighted by Gasteiger charge is 2.17. The molecule has 0 spiro atoms. The van der Waals surface area contributed by atoms with Gasteiger partial charge < -0.3 is 36.7 Å². The molecular weight excluding hydrogens is 1040 g/mol. The summed E-state index contributed by atoms with van der Waals surface area (Å²) >= 11 is 2.83. The molecule has 0 aliphatic carbocycles. The first-order valence-corrected chi connectivity index (χ1v) is 24.0. The molecule has 5 aromatic carbocycles. The molecule has 1 amide bonds. The lowest BCUT2D eigenvalue weighted by Gasteiger charge is -2.21. The van der Waals surface area contributed by atoms with Crippen molar-refractivity contribution in [2.24, 2.45) is 17.2 Å². The lowest BCUT2D eigenvalue weighted by atomic mass is 9.96. The first-order valence-electron chi connectivity index (χ1n) is 22.3. The number of aromatic nitrogens is 2. The van der Waals surface area contributed by atoms with Gasteiger partial charge in [0.1, 0.15) is 19.0 Å². The van der Waals surface area contributed by atoms with Crippen LogP contribution >= 0.6 is 46.7 Å². The Balaban J connectivity index is 0.000000282. The number of nitrogens with two attached hydrogens (primary N) is 3. The van der Waals surface area contributed by atoms with Gasteiger partial charge >= 0.3 is 12.2 Å². The fourth-order valence-electron chi connectivity index (χ4n) is 6.89. The van der Waals surface area contributed by atoms with Crippen molar-refractivity contribution in [2.45, 2.75) is 96.2 Å². The molecule has 0 fully saturated rings. The molecular formula is C53H64IN7O7S2. The van der Waals surface area contributed by atoms with Crippen molar-refractivity contribution in [1.82, 2.24) is 15.3 Å². The van der Waals surface area contributed by atoms with Gasteiger partial charge in [0, 0.05) is 48.7 Å². The number of amides is 1. The monoisotopic (exact) mass is 1100 g/mol. The number of carbonyl (C=O) groups is 2. The summed E-state index contributed by atoms with van der Waals surface area (Å²) in [6.07, 6.45) is 9.01. The number of hydrogen-bond donors (Lipinski definition) is 4. The average molecular weight is 1100 g/mol. The number of ether oxygens (including phenoxy) is 3. The number of thiazole rings is 2. The van der Waals surface area contributed by atoms with E-state index in [1.165, 1.54) is 69.2 Å². The summed E-state index contributed by atoms with van der Waals surface area (Å²) < 4.78 is 15.0. The van der Waals surface area contributed by atoms with Crippen molar-refractivity contribution in [1.29, 1.82) is 0 Å². The summed E-state index contributed by atoms with van der Waals surface area (Å²) in [6.45, 7) is 0.318. The number of rotatable bonds is 21. The van der Waals surface area contributed by atoms with E-state index >= 15 is 0 Å². The van der Waals surface area contributed by atoms with Crippen LogP contribution < -0.4 is 27.3 Å². The summed E-state index contributed by atoms with van der Waals surface area (Å²) in [5.74, 6) is 0.180. The van der Waals surface area contributed by atoms with Crippen LogP contribution in [0.3, 0.4) is 0 Å². The minimum Gasteiger partial charge on any atom is -0.444 e. The second-order valence-electron chi connectivity index (χ2n) is 15.9. The molecule has 70 heavy (non-hydrogen) atoms. The van der Waals surface area contributed by atoms with Crippen molar-refractivity contribution in [3.63, 3.8) is 0 Å². The summed E-state index contributed by atoms with van der Waals surface area (Å²) in [4.78, 5) is 43.1. The fourth-order valence-corrected chi connectivity index (χ4v) is 7.90. The van der Waals surface area contributed by atoms with Gasteiger partial charge in [-0.2, -0.15) is 0 Å². The van der Waals surface area contributed by atoms with Crippen LogP contribution in [0.2, 0.25) is 0 Å². The zero-order valence-corrected chi connectivity index (χ0v) is 42.2. The van der Waals surface area contributed by atoms with Crippen molar-refractivity contribution >= 4 is 64.6 Å². The Bertz CT molecular complexity index is 2400. The Morgan fingerprint density at radius 1 is 0.571 bits per heavy atom. The second kappa shape index (κ2) is 33.4. The molecule has 0 aliphatic rings. The number of nitrogens with zero attached hydrogens (tertiary/aromatic N) is 3. The lowest BCUT2D eigenvalue weighted by Crippen LogP contribution is -2.38. The molecule has 7 N–H and O–H groups in total. The number of carbonyl (C=O) groups excluding carboxylic acids is 2. The summed E-state index contributed by atoms with van der Waals surface area (Å²) in [7, 11) is 0. The van der Waals surface area contributed by atoms with E-state index in [1.807, 2.05) is 48.5 Å². The molecule has 2 aromatic heterocycles. The highest BCUT2D eigenvalue weighted by molar-refractivity contribution is 14.0. The van der Waals surface area contributed by atoms with Gasteiger partial charge in [-0.1, -0.05) is 129 Å². The molecule has 0 unspecified atom stereocenters. The summed E-state index contributed by atoms with van der Waals surface area (Å²) in [6, 6.07) is 46.8. The number of hydrogen-bond acceptors (Lipinski definition) is 14. The third kappa shape index (κ3) is 24.0. The Hall–Kier alpha value is -6.09. The predicted octanol–water partition coefficient (Wildman–Crippen LogP) is 11.3. The minimum atomic E-state index is -0.873. The Kier molecular flexibility index (Phi) is 27.8. The van der Waals surface area contributed by atoms with E-state index in [0.717, 1.165) is 61.1 Å². The third-order valence-electron chi connectivity index (χ3n) is 10.4. The van der Waals surface area contributed by atoms with Crippen LogP contribution in [0.15, 0.2) is 169 Å². The van der Waals surface area contributed by atoms with E-state index in [0.29, 0.717) is 0 Å². The first kappa shape index (κ1) is 58.2. The van der Waals surface area contributed by atoms with Gasteiger partial charge in [0.2, 0.25) is 0 Å². The van der Waals surface area contributed by atoms with Gasteiger partial charge in [-0.15, -0.1) is 46.7 Å². The normalized spacial score (nSPS) is 12.0. The Labute approximate surface area is 436 Å². The Morgan fingerprint density at radius 2 is 0.957 bits per heavy atom. The molecule has 4 atom stereocenters. The summed E-state index contributed by atoms with van der Waals surface area (Å²) in [5.41, 5.74) is 27.0. The van der Waals surface area contributed by atoms with Gasteiger partial charge in [0.05, 0.1) is 25.7 Å². The van der Waals surface area contributed by atoms with Crippen LogP contribution in [-0.2, 0) is 48.4 Å². The fraction of sp³-hybridized carbons (Fsp3) is 0.283. The van der Waals surface area contributed by atoms with Crippen molar-refractivity contribution in [3.05, 3.63) is 211 Å².